The minimum atomic E-state index is 0.708. The first-order valence-corrected chi connectivity index (χ1v) is 4.14. The van der Waals surface area contributed by atoms with Gasteiger partial charge in [-0.25, -0.2) is 0 Å². The molecule has 0 unspecified atom stereocenters. The Morgan fingerprint density at radius 1 is 1.10 bits per heavy atom. The van der Waals surface area contributed by atoms with Crippen molar-refractivity contribution in [2.75, 3.05) is 19.6 Å². The fourth-order valence-electron chi connectivity index (χ4n) is 1.52. The van der Waals surface area contributed by atoms with Crippen molar-refractivity contribution in [3.05, 3.63) is 0 Å². The Morgan fingerprint density at radius 2 is 1.70 bits per heavy atom. The lowest BCUT2D eigenvalue weighted by molar-refractivity contribution is -0.892. The first-order valence-electron chi connectivity index (χ1n) is 4.14. The van der Waals surface area contributed by atoms with Crippen LogP contribution in [0.25, 0.3) is 0 Å². The SMILES string of the molecule is N#CC[NH+]1CCCCCC1. The van der Waals surface area contributed by atoms with Crippen LogP contribution in [0.1, 0.15) is 25.7 Å². The smallest absolute Gasteiger partial charge is 0.165 e. The van der Waals surface area contributed by atoms with Crippen molar-refractivity contribution in [3.63, 3.8) is 0 Å². The van der Waals surface area contributed by atoms with Gasteiger partial charge in [0, 0.05) is 0 Å². The normalized spacial score (nSPS) is 21.5. The highest BCUT2D eigenvalue weighted by atomic mass is 15.1. The van der Waals surface area contributed by atoms with Gasteiger partial charge in [-0.1, -0.05) is 0 Å². The van der Waals surface area contributed by atoms with Gasteiger partial charge in [0.1, 0.15) is 6.07 Å². The Hall–Kier alpha value is -0.550. The molecule has 1 saturated heterocycles. The third-order valence-corrected chi connectivity index (χ3v) is 2.14. The Bertz CT molecular complexity index is 118. The van der Waals surface area contributed by atoms with Crippen molar-refractivity contribution in [3.8, 4) is 6.07 Å². The monoisotopic (exact) mass is 139 g/mol. The van der Waals surface area contributed by atoms with Gasteiger partial charge in [0.25, 0.3) is 0 Å². The molecule has 2 nitrogen and oxygen atoms in total. The molecular formula is C8H15N2+. The Kier molecular flexibility index (Phi) is 3.25. The van der Waals surface area contributed by atoms with E-state index in [1.54, 1.807) is 0 Å². The summed E-state index contributed by atoms with van der Waals surface area (Å²) in [7, 11) is 0. The average Bonchev–Trinajstić information content (AvgIpc) is 2.17. The molecule has 1 aliphatic heterocycles. The summed E-state index contributed by atoms with van der Waals surface area (Å²) in [5.41, 5.74) is 0. The van der Waals surface area contributed by atoms with Crippen LogP contribution in [0.2, 0.25) is 0 Å². The van der Waals surface area contributed by atoms with Gasteiger partial charge in [-0.05, 0) is 25.7 Å². The third kappa shape index (κ3) is 2.36. The molecule has 1 rings (SSSR count). The van der Waals surface area contributed by atoms with E-state index in [1.807, 2.05) is 0 Å². The summed E-state index contributed by atoms with van der Waals surface area (Å²) in [4.78, 5) is 1.49. The summed E-state index contributed by atoms with van der Waals surface area (Å²) in [5.74, 6) is 0. The predicted molar refractivity (Wildman–Crippen MR) is 39.6 cm³/mol. The molecule has 1 N–H and O–H groups in total. The second-order valence-corrected chi connectivity index (χ2v) is 3.00. The first kappa shape index (κ1) is 7.56. The van der Waals surface area contributed by atoms with Gasteiger partial charge in [-0.3, -0.25) is 0 Å². The van der Waals surface area contributed by atoms with E-state index in [2.05, 4.69) is 6.07 Å². The average molecular weight is 139 g/mol. The largest absolute Gasteiger partial charge is 0.323 e. The van der Waals surface area contributed by atoms with Crippen LogP contribution in [0.3, 0.4) is 0 Å². The van der Waals surface area contributed by atoms with E-state index in [0.29, 0.717) is 6.54 Å². The van der Waals surface area contributed by atoms with Gasteiger partial charge in [0.2, 0.25) is 0 Å². The summed E-state index contributed by atoms with van der Waals surface area (Å²) < 4.78 is 0. The Balaban J connectivity index is 2.23. The second kappa shape index (κ2) is 4.29. The maximum absolute atomic E-state index is 8.44. The van der Waals surface area contributed by atoms with Gasteiger partial charge < -0.3 is 4.90 Å². The highest BCUT2D eigenvalue weighted by molar-refractivity contribution is 4.65. The summed E-state index contributed by atoms with van der Waals surface area (Å²) in [6.07, 6.45) is 5.37. The molecule has 10 heavy (non-hydrogen) atoms. The van der Waals surface area contributed by atoms with Gasteiger partial charge in [0.05, 0.1) is 13.1 Å². The van der Waals surface area contributed by atoms with Crippen molar-refractivity contribution in [1.29, 1.82) is 5.26 Å². The lowest BCUT2D eigenvalue weighted by atomic mass is 10.2. The van der Waals surface area contributed by atoms with E-state index in [0.717, 1.165) is 0 Å². The van der Waals surface area contributed by atoms with Crippen LogP contribution >= 0.6 is 0 Å². The number of rotatable bonds is 1. The van der Waals surface area contributed by atoms with E-state index < -0.39 is 0 Å². The van der Waals surface area contributed by atoms with Crippen molar-refractivity contribution in [2.45, 2.75) is 25.7 Å². The van der Waals surface area contributed by atoms with E-state index in [-0.39, 0.29) is 0 Å². The van der Waals surface area contributed by atoms with Crippen LogP contribution in [0.5, 0.6) is 0 Å². The predicted octanol–water partition coefficient (Wildman–Crippen LogP) is -0.0311. The van der Waals surface area contributed by atoms with Crippen LogP contribution in [0.15, 0.2) is 0 Å². The van der Waals surface area contributed by atoms with Crippen molar-refractivity contribution in [2.24, 2.45) is 0 Å². The number of hydrogen-bond acceptors (Lipinski definition) is 1. The Morgan fingerprint density at radius 3 is 2.20 bits per heavy atom. The standard InChI is InChI=1S/C8H14N2/c9-5-8-10-6-3-1-2-4-7-10/h1-4,6-8H2/p+1. The molecule has 1 aliphatic rings. The molecule has 0 saturated carbocycles. The molecule has 0 atom stereocenters. The highest BCUT2D eigenvalue weighted by Crippen LogP contribution is 1.98. The number of hydrogen-bond donors (Lipinski definition) is 1. The summed E-state index contributed by atoms with van der Waals surface area (Å²) in [6, 6.07) is 2.23. The molecule has 1 heterocycles. The van der Waals surface area contributed by atoms with E-state index in [4.69, 9.17) is 5.26 Å². The zero-order valence-electron chi connectivity index (χ0n) is 6.40. The molecule has 0 spiro atoms. The molecule has 0 aliphatic carbocycles. The number of nitriles is 1. The van der Waals surface area contributed by atoms with Crippen LogP contribution in [-0.2, 0) is 0 Å². The van der Waals surface area contributed by atoms with E-state index >= 15 is 0 Å². The van der Waals surface area contributed by atoms with Crippen molar-refractivity contribution >= 4 is 0 Å². The number of nitrogens with zero attached hydrogens (tertiary/aromatic N) is 1. The topological polar surface area (TPSA) is 28.2 Å². The van der Waals surface area contributed by atoms with Crippen molar-refractivity contribution in [1.82, 2.24) is 0 Å². The second-order valence-electron chi connectivity index (χ2n) is 3.00. The molecule has 56 valence electrons. The Labute approximate surface area is 62.4 Å². The number of quaternary nitrogens is 1. The molecule has 0 radical (unpaired) electrons. The third-order valence-electron chi connectivity index (χ3n) is 2.14. The zero-order chi connectivity index (χ0) is 7.23. The molecule has 0 aromatic carbocycles. The zero-order valence-corrected chi connectivity index (χ0v) is 6.40. The van der Waals surface area contributed by atoms with E-state index in [9.17, 15) is 0 Å². The van der Waals surface area contributed by atoms with Crippen LogP contribution < -0.4 is 4.90 Å². The molecule has 2 heteroatoms. The van der Waals surface area contributed by atoms with Crippen LogP contribution in [0, 0.1) is 11.3 Å². The van der Waals surface area contributed by atoms with Gasteiger partial charge in [-0.2, -0.15) is 5.26 Å². The summed E-state index contributed by atoms with van der Waals surface area (Å²) >= 11 is 0. The maximum atomic E-state index is 8.44. The maximum Gasteiger partial charge on any atom is 0.165 e. The highest BCUT2D eigenvalue weighted by Gasteiger charge is 2.09. The summed E-state index contributed by atoms with van der Waals surface area (Å²) in [6.45, 7) is 3.14. The first-order chi connectivity index (χ1) is 4.93. The molecule has 0 aromatic rings. The minimum Gasteiger partial charge on any atom is -0.323 e. The van der Waals surface area contributed by atoms with Gasteiger partial charge in [0.15, 0.2) is 6.54 Å². The van der Waals surface area contributed by atoms with Crippen LogP contribution in [0.4, 0.5) is 0 Å². The molecule has 1 fully saturated rings. The molecule has 0 bridgehead atoms. The number of nitrogens with one attached hydrogen (secondary N) is 1. The fraction of sp³-hybridized carbons (Fsp3) is 0.875. The molecular weight excluding hydrogens is 124 g/mol. The van der Waals surface area contributed by atoms with Gasteiger partial charge >= 0.3 is 0 Å². The van der Waals surface area contributed by atoms with Gasteiger partial charge in [-0.15, -0.1) is 0 Å². The summed E-state index contributed by atoms with van der Waals surface area (Å²) in [5, 5.41) is 8.44. The van der Waals surface area contributed by atoms with Crippen molar-refractivity contribution < 1.29 is 4.90 Å². The fourth-order valence-corrected chi connectivity index (χ4v) is 1.52. The molecule has 0 aromatic heterocycles. The van der Waals surface area contributed by atoms with Crippen LogP contribution in [-0.4, -0.2) is 19.6 Å². The lowest BCUT2D eigenvalue weighted by Crippen LogP contribution is -3.11. The number of likely N-dealkylation sites (tertiary alicyclic amines) is 1. The minimum absolute atomic E-state index is 0.708. The lowest BCUT2D eigenvalue weighted by Gasteiger charge is -2.11. The molecule has 0 amide bonds. The van der Waals surface area contributed by atoms with E-state index in [1.165, 1.54) is 43.7 Å². The quantitative estimate of drug-likeness (QED) is 0.508.